The van der Waals surface area contributed by atoms with Crippen molar-refractivity contribution in [2.75, 3.05) is 31.6 Å². The third kappa shape index (κ3) is 5.32. The number of benzene rings is 1. The number of esters is 1. The summed E-state index contributed by atoms with van der Waals surface area (Å²) in [5.41, 5.74) is 0.195. The van der Waals surface area contributed by atoms with Crippen molar-refractivity contribution < 1.29 is 18.7 Å². The fraction of sp³-hybridized carbons (Fsp3) is 0.529. The molecule has 2 rings (SSSR count). The summed E-state index contributed by atoms with van der Waals surface area (Å²) in [6.45, 7) is 4.22. The Bertz CT molecular complexity index is 550. The Morgan fingerprint density at radius 3 is 2.91 bits per heavy atom. The molecular weight excluding hydrogens is 299 g/mol. The molecule has 1 amide bonds. The molecule has 1 aromatic rings. The van der Waals surface area contributed by atoms with Gasteiger partial charge in [-0.15, -0.1) is 0 Å². The summed E-state index contributed by atoms with van der Waals surface area (Å²) in [4.78, 5) is 25.8. The molecule has 1 aliphatic rings. The molecule has 1 atom stereocenters. The lowest BCUT2D eigenvalue weighted by Gasteiger charge is -2.31. The second-order valence-corrected chi connectivity index (χ2v) is 5.67. The van der Waals surface area contributed by atoms with Gasteiger partial charge in [0, 0.05) is 19.5 Å². The summed E-state index contributed by atoms with van der Waals surface area (Å²) in [7, 11) is 0. The highest BCUT2D eigenvalue weighted by atomic mass is 19.1. The van der Waals surface area contributed by atoms with Gasteiger partial charge in [-0.25, -0.2) is 4.39 Å². The number of ether oxygens (including phenoxy) is 1. The van der Waals surface area contributed by atoms with E-state index in [-0.39, 0.29) is 29.9 Å². The standard InChI is InChI=1S/C17H23FN2O3/c1-2-23-17(22)13-6-5-10-20(12-13)11-9-16(21)19-15-8-4-3-7-14(15)18/h3-4,7-8,13H,2,5-6,9-12H2,1H3,(H,19,21)/t13-/m0/s1. The summed E-state index contributed by atoms with van der Waals surface area (Å²) in [6, 6.07) is 6.09. The van der Waals surface area contributed by atoms with Crippen LogP contribution in [0.25, 0.3) is 0 Å². The first-order valence-electron chi connectivity index (χ1n) is 8.03. The van der Waals surface area contributed by atoms with Crippen molar-refractivity contribution in [3.63, 3.8) is 0 Å². The number of carbonyl (C=O) groups is 2. The number of rotatable bonds is 6. The topological polar surface area (TPSA) is 58.6 Å². The molecule has 0 bridgehead atoms. The second kappa shape index (κ2) is 8.62. The van der Waals surface area contributed by atoms with E-state index >= 15 is 0 Å². The molecule has 0 spiro atoms. The van der Waals surface area contributed by atoms with Crippen molar-refractivity contribution in [3.05, 3.63) is 30.1 Å². The lowest BCUT2D eigenvalue weighted by molar-refractivity contribution is -0.149. The van der Waals surface area contributed by atoms with Crippen LogP contribution in [0.2, 0.25) is 0 Å². The average Bonchev–Trinajstić information content (AvgIpc) is 2.56. The van der Waals surface area contributed by atoms with Gasteiger partial charge >= 0.3 is 5.97 Å². The molecule has 0 aliphatic carbocycles. The van der Waals surface area contributed by atoms with Gasteiger partial charge in [-0.3, -0.25) is 9.59 Å². The third-order valence-electron chi connectivity index (χ3n) is 3.93. The highest BCUT2D eigenvalue weighted by Crippen LogP contribution is 2.18. The number of halogens is 1. The van der Waals surface area contributed by atoms with Crippen LogP contribution in [0.5, 0.6) is 0 Å². The van der Waals surface area contributed by atoms with Gasteiger partial charge in [-0.05, 0) is 38.4 Å². The van der Waals surface area contributed by atoms with Crippen molar-refractivity contribution in [1.29, 1.82) is 0 Å². The summed E-state index contributed by atoms with van der Waals surface area (Å²) in [5.74, 6) is -0.944. The minimum absolute atomic E-state index is 0.113. The van der Waals surface area contributed by atoms with Crippen molar-refractivity contribution in [3.8, 4) is 0 Å². The van der Waals surface area contributed by atoms with E-state index in [9.17, 15) is 14.0 Å². The highest BCUT2D eigenvalue weighted by Gasteiger charge is 2.26. The zero-order valence-electron chi connectivity index (χ0n) is 13.4. The van der Waals surface area contributed by atoms with Crippen LogP contribution in [0.1, 0.15) is 26.2 Å². The number of nitrogens with zero attached hydrogens (tertiary/aromatic N) is 1. The molecule has 0 unspecified atom stereocenters. The first-order valence-corrected chi connectivity index (χ1v) is 8.03. The van der Waals surface area contributed by atoms with Crippen LogP contribution in [0.15, 0.2) is 24.3 Å². The van der Waals surface area contributed by atoms with Crippen LogP contribution in [0.3, 0.4) is 0 Å². The van der Waals surface area contributed by atoms with E-state index < -0.39 is 5.82 Å². The van der Waals surface area contributed by atoms with Crippen LogP contribution in [0.4, 0.5) is 10.1 Å². The summed E-state index contributed by atoms with van der Waals surface area (Å²) in [5, 5.41) is 2.57. The Morgan fingerprint density at radius 1 is 1.39 bits per heavy atom. The van der Waals surface area contributed by atoms with Gasteiger partial charge in [0.15, 0.2) is 0 Å². The molecule has 23 heavy (non-hydrogen) atoms. The van der Waals surface area contributed by atoms with Crippen molar-refractivity contribution in [2.24, 2.45) is 5.92 Å². The fourth-order valence-corrected chi connectivity index (χ4v) is 2.75. The number of anilines is 1. The smallest absolute Gasteiger partial charge is 0.310 e. The van der Waals surface area contributed by atoms with Gasteiger partial charge in [0.1, 0.15) is 5.82 Å². The molecule has 1 fully saturated rings. The largest absolute Gasteiger partial charge is 0.466 e. The van der Waals surface area contributed by atoms with Crippen LogP contribution < -0.4 is 5.32 Å². The van der Waals surface area contributed by atoms with Gasteiger partial charge < -0.3 is 15.0 Å². The monoisotopic (exact) mass is 322 g/mol. The van der Waals surface area contributed by atoms with Gasteiger partial charge in [0.25, 0.3) is 0 Å². The van der Waals surface area contributed by atoms with E-state index in [4.69, 9.17) is 4.74 Å². The molecule has 6 heteroatoms. The van der Waals surface area contributed by atoms with E-state index in [1.807, 2.05) is 0 Å². The first kappa shape index (κ1) is 17.4. The minimum atomic E-state index is -0.443. The lowest BCUT2D eigenvalue weighted by Crippen LogP contribution is -2.40. The van der Waals surface area contributed by atoms with E-state index in [2.05, 4.69) is 10.2 Å². The maximum Gasteiger partial charge on any atom is 0.310 e. The molecule has 1 N–H and O–H groups in total. The van der Waals surface area contributed by atoms with E-state index in [0.29, 0.717) is 19.7 Å². The minimum Gasteiger partial charge on any atom is -0.466 e. The fourth-order valence-electron chi connectivity index (χ4n) is 2.75. The second-order valence-electron chi connectivity index (χ2n) is 5.67. The van der Waals surface area contributed by atoms with Crippen molar-refractivity contribution >= 4 is 17.6 Å². The number of hydrogen-bond donors (Lipinski definition) is 1. The Balaban J connectivity index is 1.77. The van der Waals surface area contributed by atoms with Crippen molar-refractivity contribution in [2.45, 2.75) is 26.2 Å². The number of hydrogen-bond acceptors (Lipinski definition) is 4. The zero-order valence-corrected chi connectivity index (χ0v) is 13.4. The third-order valence-corrected chi connectivity index (χ3v) is 3.93. The SMILES string of the molecule is CCOC(=O)[C@H]1CCCN(CCC(=O)Nc2ccccc2F)C1. The molecule has 0 radical (unpaired) electrons. The number of nitrogens with one attached hydrogen (secondary N) is 1. The van der Waals surface area contributed by atoms with Crippen molar-refractivity contribution in [1.82, 2.24) is 4.90 Å². The molecule has 1 aromatic carbocycles. The van der Waals surface area contributed by atoms with Crippen LogP contribution in [0, 0.1) is 11.7 Å². The Labute approximate surface area is 135 Å². The van der Waals surface area contributed by atoms with Gasteiger partial charge in [-0.1, -0.05) is 12.1 Å². The number of carbonyl (C=O) groups excluding carboxylic acids is 2. The Morgan fingerprint density at radius 2 is 2.17 bits per heavy atom. The molecule has 0 saturated carbocycles. The summed E-state index contributed by atoms with van der Waals surface area (Å²) in [6.07, 6.45) is 2.01. The predicted molar refractivity (Wildman–Crippen MR) is 85.4 cm³/mol. The quantitative estimate of drug-likeness (QED) is 0.817. The Hall–Kier alpha value is -1.95. The predicted octanol–water partition coefficient (Wildman–Crippen LogP) is 2.43. The maximum atomic E-state index is 13.5. The molecular formula is C17H23FN2O3. The zero-order chi connectivity index (χ0) is 16.7. The van der Waals surface area contributed by atoms with Gasteiger partial charge in [0.05, 0.1) is 18.2 Å². The molecule has 1 heterocycles. The molecule has 126 valence electrons. The van der Waals surface area contributed by atoms with Crippen LogP contribution in [-0.4, -0.2) is 43.0 Å². The van der Waals surface area contributed by atoms with Gasteiger partial charge in [-0.2, -0.15) is 0 Å². The normalized spacial score (nSPS) is 18.4. The summed E-state index contributed by atoms with van der Waals surface area (Å²) >= 11 is 0. The number of amides is 1. The number of piperidine rings is 1. The molecule has 5 nitrogen and oxygen atoms in total. The Kier molecular flexibility index (Phi) is 6.52. The van der Waals surface area contributed by atoms with Gasteiger partial charge in [0.2, 0.25) is 5.91 Å². The first-order chi connectivity index (χ1) is 11.1. The van der Waals surface area contributed by atoms with E-state index in [1.165, 1.54) is 12.1 Å². The molecule has 0 aromatic heterocycles. The summed E-state index contributed by atoms with van der Waals surface area (Å²) < 4.78 is 18.5. The number of likely N-dealkylation sites (tertiary alicyclic amines) is 1. The maximum absolute atomic E-state index is 13.5. The van der Waals surface area contributed by atoms with E-state index in [1.54, 1.807) is 19.1 Å². The average molecular weight is 322 g/mol. The lowest BCUT2D eigenvalue weighted by atomic mass is 9.98. The molecule has 1 aliphatic heterocycles. The highest BCUT2D eigenvalue weighted by molar-refractivity contribution is 5.90. The van der Waals surface area contributed by atoms with Crippen LogP contribution in [-0.2, 0) is 14.3 Å². The molecule has 1 saturated heterocycles. The van der Waals surface area contributed by atoms with Crippen LogP contribution >= 0.6 is 0 Å². The van der Waals surface area contributed by atoms with E-state index in [0.717, 1.165) is 19.4 Å². The number of para-hydroxylation sites is 1.